The van der Waals surface area contributed by atoms with Gasteiger partial charge in [0.05, 0.1) is 15.6 Å². The predicted octanol–water partition coefficient (Wildman–Crippen LogP) is 4.76. The lowest BCUT2D eigenvalue weighted by molar-refractivity contribution is -0.114. The zero-order valence-electron chi connectivity index (χ0n) is 15.8. The summed E-state index contributed by atoms with van der Waals surface area (Å²) in [4.78, 5) is 12.5. The number of amides is 1. The molecule has 0 fully saturated rings. The van der Waals surface area contributed by atoms with Crippen LogP contribution in [0.25, 0.3) is 0 Å². The van der Waals surface area contributed by atoms with Gasteiger partial charge in [0, 0.05) is 0 Å². The number of nitrogens with one attached hydrogen (secondary N) is 1. The van der Waals surface area contributed by atoms with E-state index in [4.69, 9.17) is 11.6 Å². The van der Waals surface area contributed by atoms with Crippen molar-refractivity contribution in [3.63, 3.8) is 0 Å². The molecule has 156 valence electrons. The van der Waals surface area contributed by atoms with Crippen molar-refractivity contribution in [3.8, 4) is 0 Å². The fourth-order valence-electron chi connectivity index (χ4n) is 2.72. The van der Waals surface area contributed by atoms with Crippen molar-refractivity contribution in [2.24, 2.45) is 0 Å². The number of rotatable bonds is 6. The number of sulfonamides is 1. The third-order valence-corrected chi connectivity index (χ3v) is 6.34. The molecular weight excluding hydrogens is 434 g/mol. The molecule has 0 radical (unpaired) electrons. The Balaban J connectivity index is 1.99. The van der Waals surface area contributed by atoms with Crippen molar-refractivity contribution >= 4 is 38.9 Å². The number of nitrogens with zero attached hydrogens (tertiary/aromatic N) is 1. The summed E-state index contributed by atoms with van der Waals surface area (Å²) in [5.41, 5.74) is 0.254. The Morgan fingerprint density at radius 3 is 2.17 bits per heavy atom. The maximum atomic E-state index is 13.9. The molecular formula is C21H17ClF2N2O3S. The van der Waals surface area contributed by atoms with Gasteiger partial charge in [0.1, 0.15) is 23.9 Å². The lowest BCUT2D eigenvalue weighted by Crippen LogP contribution is -2.38. The van der Waals surface area contributed by atoms with Crippen molar-refractivity contribution < 1.29 is 22.0 Å². The van der Waals surface area contributed by atoms with E-state index in [1.54, 1.807) is 31.2 Å². The van der Waals surface area contributed by atoms with Gasteiger partial charge in [0.2, 0.25) is 5.91 Å². The Hall–Kier alpha value is -2.97. The number of carbonyl (C=O) groups is 1. The fraction of sp³-hybridized carbons (Fsp3) is 0.0952. The van der Waals surface area contributed by atoms with Gasteiger partial charge in [-0.2, -0.15) is 0 Å². The first kappa shape index (κ1) is 21.7. The molecule has 3 aromatic rings. The minimum Gasteiger partial charge on any atom is -0.320 e. The monoisotopic (exact) mass is 450 g/mol. The van der Waals surface area contributed by atoms with Crippen LogP contribution in [0.15, 0.2) is 71.6 Å². The number of anilines is 2. The van der Waals surface area contributed by atoms with E-state index in [1.165, 1.54) is 24.3 Å². The van der Waals surface area contributed by atoms with Crippen molar-refractivity contribution in [1.29, 1.82) is 0 Å². The van der Waals surface area contributed by atoms with Crippen LogP contribution in [0.4, 0.5) is 20.2 Å². The molecule has 0 aromatic heterocycles. The van der Waals surface area contributed by atoms with Crippen molar-refractivity contribution in [2.75, 3.05) is 16.2 Å². The maximum absolute atomic E-state index is 13.9. The lowest BCUT2D eigenvalue weighted by Gasteiger charge is -2.25. The topological polar surface area (TPSA) is 66.5 Å². The standard InChI is InChI=1S/C21H17ClF2N2O3S/c1-14-9-11-15(12-10-14)30(28,29)26(19-8-3-2-5-16(19)22)13-20(27)25-21-17(23)6-4-7-18(21)24/h2-12H,13H2,1H3,(H,25,27). The number of hydrogen-bond acceptors (Lipinski definition) is 3. The SMILES string of the molecule is Cc1ccc(S(=O)(=O)N(CC(=O)Nc2c(F)cccc2F)c2ccccc2Cl)cc1. The Bertz CT molecular complexity index is 1160. The van der Waals surface area contributed by atoms with Gasteiger partial charge in [-0.05, 0) is 43.3 Å². The molecule has 0 saturated heterocycles. The molecule has 5 nitrogen and oxygen atoms in total. The predicted molar refractivity (Wildman–Crippen MR) is 112 cm³/mol. The van der Waals surface area contributed by atoms with Crippen LogP contribution in [-0.4, -0.2) is 20.9 Å². The highest BCUT2D eigenvalue weighted by Gasteiger charge is 2.29. The number of para-hydroxylation sites is 2. The number of aryl methyl sites for hydroxylation is 1. The van der Waals surface area contributed by atoms with E-state index in [1.807, 2.05) is 0 Å². The van der Waals surface area contributed by atoms with Gasteiger partial charge >= 0.3 is 0 Å². The van der Waals surface area contributed by atoms with Gasteiger partial charge in [0.15, 0.2) is 0 Å². The first-order valence-electron chi connectivity index (χ1n) is 8.78. The van der Waals surface area contributed by atoms with Gasteiger partial charge in [-0.3, -0.25) is 9.10 Å². The van der Waals surface area contributed by atoms with E-state index < -0.39 is 39.8 Å². The quantitative estimate of drug-likeness (QED) is 0.588. The van der Waals surface area contributed by atoms with Crippen LogP contribution in [0, 0.1) is 18.6 Å². The largest absolute Gasteiger partial charge is 0.320 e. The molecule has 9 heteroatoms. The fourth-order valence-corrected chi connectivity index (χ4v) is 4.45. The molecule has 0 aliphatic heterocycles. The summed E-state index contributed by atoms with van der Waals surface area (Å²) in [5, 5.41) is 2.19. The average molecular weight is 451 g/mol. The molecule has 3 aromatic carbocycles. The Labute approximate surface area is 178 Å². The summed E-state index contributed by atoms with van der Waals surface area (Å²) >= 11 is 6.17. The third kappa shape index (κ3) is 4.60. The van der Waals surface area contributed by atoms with E-state index in [-0.39, 0.29) is 15.6 Å². The highest BCUT2D eigenvalue weighted by Crippen LogP contribution is 2.30. The molecule has 30 heavy (non-hydrogen) atoms. The summed E-state index contributed by atoms with van der Waals surface area (Å²) in [6, 6.07) is 15.2. The zero-order chi connectivity index (χ0) is 21.9. The summed E-state index contributed by atoms with van der Waals surface area (Å²) in [5.74, 6) is -2.89. The number of benzene rings is 3. The Morgan fingerprint density at radius 1 is 0.967 bits per heavy atom. The molecule has 0 saturated carbocycles. The molecule has 0 unspecified atom stereocenters. The summed E-state index contributed by atoms with van der Waals surface area (Å²) in [6.07, 6.45) is 0. The van der Waals surface area contributed by atoms with Crippen molar-refractivity contribution in [3.05, 3.63) is 89.0 Å². The molecule has 1 amide bonds. The van der Waals surface area contributed by atoms with E-state index >= 15 is 0 Å². The van der Waals surface area contributed by atoms with Crippen LogP contribution >= 0.6 is 11.6 Å². The van der Waals surface area contributed by atoms with E-state index in [9.17, 15) is 22.0 Å². The third-order valence-electron chi connectivity index (χ3n) is 4.24. The van der Waals surface area contributed by atoms with Gasteiger partial charge in [0.25, 0.3) is 10.0 Å². The minimum absolute atomic E-state index is 0.0575. The van der Waals surface area contributed by atoms with Crippen LogP contribution in [-0.2, 0) is 14.8 Å². The minimum atomic E-state index is -4.20. The lowest BCUT2D eigenvalue weighted by atomic mass is 10.2. The zero-order valence-corrected chi connectivity index (χ0v) is 17.3. The maximum Gasteiger partial charge on any atom is 0.264 e. The summed E-state index contributed by atoms with van der Waals surface area (Å²) in [6.45, 7) is 1.06. The number of halogens is 3. The number of carbonyl (C=O) groups excluding carboxylic acids is 1. The van der Waals surface area contributed by atoms with Crippen molar-refractivity contribution in [2.45, 2.75) is 11.8 Å². The van der Waals surface area contributed by atoms with E-state index in [0.29, 0.717) is 0 Å². The molecule has 0 spiro atoms. The van der Waals surface area contributed by atoms with Gasteiger partial charge in [-0.25, -0.2) is 17.2 Å². The van der Waals surface area contributed by atoms with Crippen molar-refractivity contribution in [1.82, 2.24) is 0 Å². The molecule has 3 rings (SSSR count). The second-order valence-electron chi connectivity index (χ2n) is 6.42. The second-order valence-corrected chi connectivity index (χ2v) is 8.69. The van der Waals surface area contributed by atoms with Crippen LogP contribution in [0.3, 0.4) is 0 Å². The molecule has 1 N–H and O–H groups in total. The molecule has 0 atom stereocenters. The van der Waals surface area contributed by atoms with Crippen LogP contribution in [0.2, 0.25) is 5.02 Å². The first-order chi connectivity index (χ1) is 14.2. The van der Waals surface area contributed by atoms with Crippen LogP contribution < -0.4 is 9.62 Å². The van der Waals surface area contributed by atoms with Gasteiger partial charge in [-0.1, -0.05) is 47.5 Å². The summed E-state index contributed by atoms with van der Waals surface area (Å²) < 4.78 is 55.0. The van der Waals surface area contributed by atoms with Crippen LogP contribution in [0.5, 0.6) is 0 Å². The number of hydrogen-bond donors (Lipinski definition) is 1. The first-order valence-corrected chi connectivity index (χ1v) is 10.6. The Kier molecular flexibility index (Phi) is 6.38. The molecule has 0 bridgehead atoms. The smallest absolute Gasteiger partial charge is 0.264 e. The molecule has 0 aliphatic carbocycles. The normalized spacial score (nSPS) is 11.2. The second kappa shape index (κ2) is 8.81. The van der Waals surface area contributed by atoms with E-state index in [0.717, 1.165) is 28.1 Å². The van der Waals surface area contributed by atoms with E-state index in [2.05, 4.69) is 5.32 Å². The summed E-state index contributed by atoms with van der Waals surface area (Å²) in [7, 11) is -4.20. The van der Waals surface area contributed by atoms with Crippen LogP contribution in [0.1, 0.15) is 5.56 Å². The highest BCUT2D eigenvalue weighted by atomic mass is 35.5. The van der Waals surface area contributed by atoms with Gasteiger partial charge < -0.3 is 5.32 Å². The average Bonchev–Trinajstić information content (AvgIpc) is 2.70. The molecule has 0 heterocycles. The van der Waals surface area contributed by atoms with Gasteiger partial charge in [-0.15, -0.1) is 0 Å². The Morgan fingerprint density at radius 2 is 1.57 bits per heavy atom. The highest BCUT2D eigenvalue weighted by molar-refractivity contribution is 7.92. The molecule has 0 aliphatic rings.